The molecule has 1 aromatic carbocycles. The number of halogens is 2. The Balaban J connectivity index is 2.46. The largest absolute Gasteiger partial charge is 0.419 e. The highest BCUT2D eigenvalue weighted by Crippen LogP contribution is 2.28. The predicted octanol–water partition coefficient (Wildman–Crippen LogP) is 3.12. The Morgan fingerprint density at radius 3 is 2.81 bits per heavy atom. The fourth-order valence-corrected chi connectivity index (χ4v) is 2.12. The summed E-state index contributed by atoms with van der Waals surface area (Å²) in [5.41, 5.74) is 6.58. The molecule has 1 atom stereocenters. The van der Waals surface area contributed by atoms with E-state index < -0.39 is 0 Å². The van der Waals surface area contributed by atoms with E-state index in [1.165, 1.54) is 0 Å². The summed E-state index contributed by atoms with van der Waals surface area (Å²) in [6.45, 7) is 1.81. The molecule has 1 unspecified atom stereocenters. The first kappa shape index (κ1) is 12.0. The van der Waals surface area contributed by atoms with Gasteiger partial charge in [0.1, 0.15) is 0 Å². The third-order valence-electron chi connectivity index (χ3n) is 1.99. The summed E-state index contributed by atoms with van der Waals surface area (Å²) in [6, 6.07) is 5.65. The SMILES string of the molecule is CC(N)c1nnc(-c2cc(Br)ccc2I)o1. The van der Waals surface area contributed by atoms with Gasteiger partial charge >= 0.3 is 0 Å². The van der Waals surface area contributed by atoms with E-state index >= 15 is 0 Å². The Morgan fingerprint density at radius 1 is 1.44 bits per heavy atom. The minimum Gasteiger partial charge on any atom is -0.419 e. The van der Waals surface area contributed by atoms with Crippen molar-refractivity contribution in [3.8, 4) is 11.5 Å². The second kappa shape index (κ2) is 4.80. The summed E-state index contributed by atoms with van der Waals surface area (Å²) in [4.78, 5) is 0. The Bertz CT molecular complexity index is 513. The smallest absolute Gasteiger partial charge is 0.248 e. The zero-order valence-corrected chi connectivity index (χ0v) is 12.2. The number of benzene rings is 1. The maximum Gasteiger partial charge on any atom is 0.248 e. The molecule has 2 rings (SSSR count). The molecule has 6 heteroatoms. The van der Waals surface area contributed by atoms with Gasteiger partial charge in [-0.15, -0.1) is 10.2 Å². The van der Waals surface area contributed by atoms with Gasteiger partial charge in [-0.25, -0.2) is 0 Å². The zero-order valence-electron chi connectivity index (χ0n) is 8.45. The number of hydrogen-bond acceptors (Lipinski definition) is 4. The maximum absolute atomic E-state index is 5.67. The first-order chi connectivity index (χ1) is 7.58. The molecule has 0 radical (unpaired) electrons. The van der Waals surface area contributed by atoms with Crippen LogP contribution in [0.25, 0.3) is 11.5 Å². The van der Waals surface area contributed by atoms with E-state index in [9.17, 15) is 0 Å². The summed E-state index contributed by atoms with van der Waals surface area (Å²) < 4.78 is 7.53. The third kappa shape index (κ3) is 2.44. The molecule has 0 aliphatic carbocycles. The Labute approximate surface area is 115 Å². The van der Waals surface area contributed by atoms with Gasteiger partial charge in [0.25, 0.3) is 0 Å². The van der Waals surface area contributed by atoms with E-state index in [0.29, 0.717) is 11.8 Å². The van der Waals surface area contributed by atoms with E-state index in [0.717, 1.165) is 13.6 Å². The summed E-state index contributed by atoms with van der Waals surface area (Å²) in [7, 11) is 0. The van der Waals surface area contributed by atoms with E-state index in [4.69, 9.17) is 10.2 Å². The summed E-state index contributed by atoms with van der Waals surface area (Å²) in [5, 5.41) is 7.89. The van der Waals surface area contributed by atoms with Crippen molar-refractivity contribution in [2.24, 2.45) is 5.73 Å². The van der Waals surface area contributed by atoms with Crippen LogP contribution in [0.4, 0.5) is 0 Å². The molecule has 16 heavy (non-hydrogen) atoms. The van der Waals surface area contributed by atoms with Crippen molar-refractivity contribution < 1.29 is 4.42 Å². The van der Waals surface area contributed by atoms with Crippen LogP contribution >= 0.6 is 38.5 Å². The van der Waals surface area contributed by atoms with Crippen molar-refractivity contribution >= 4 is 38.5 Å². The maximum atomic E-state index is 5.67. The predicted molar refractivity (Wildman–Crippen MR) is 72.8 cm³/mol. The Morgan fingerprint density at radius 2 is 2.19 bits per heavy atom. The highest BCUT2D eigenvalue weighted by molar-refractivity contribution is 14.1. The molecular weight excluding hydrogens is 385 g/mol. The van der Waals surface area contributed by atoms with Crippen molar-refractivity contribution in [2.45, 2.75) is 13.0 Å². The molecule has 0 amide bonds. The van der Waals surface area contributed by atoms with Gasteiger partial charge in [0.05, 0.1) is 11.6 Å². The lowest BCUT2D eigenvalue weighted by molar-refractivity contribution is 0.473. The van der Waals surface area contributed by atoms with Crippen LogP contribution in [0.2, 0.25) is 0 Å². The highest BCUT2D eigenvalue weighted by Gasteiger charge is 2.14. The molecule has 0 bridgehead atoms. The molecule has 0 saturated carbocycles. The Hall–Kier alpha value is -0.470. The fraction of sp³-hybridized carbons (Fsp3) is 0.200. The quantitative estimate of drug-likeness (QED) is 0.796. The van der Waals surface area contributed by atoms with Gasteiger partial charge in [-0.3, -0.25) is 0 Å². The number of aromatic nitrogens is 2. The van der Waals surface area contributed by atoms with Crippen molar-refractivity contribution in [1.29, 1.82) is 0 Å². The summed E-state index contributed by atoms with van der Waals surface area (Å²) in [6.07, 6.45) is 0. The Kier molecular flexibility index (Phi) is 3.60. The number of nitrogens with two attached hydrogens (primary N) is 1. The normalized spacial score (nSPS) is 12.8. The van der Waals surface area contributed by atoms with Gasteiger partial charge in [-0.05, 0) is 47.7 Å². The van der Waals surface area contributed by atoms with E-state index in [2.05, 4.69) is 48.7 Å². The van der Waals surface area contributed by atoms with Crippen LogP contribution in [0, 0.1) is 3.57 Å². The van der Waals surface area contributed by atoms with E-state index in [-0.39, 0.29) is 6.04 Å². The highest BCUT2D eigenvalue weighted by atomic mass is 127. The molecule has 1 heterocycles. The van der Waals surface area contributed by atoms with Crippen molar-refractivity contribution in [1.82, 2.24) is 10.2 Å². The molecule has 0 aliphatic heterocycles. The second-order valence-electron chi connectivity index (χ2n) is 3.36. The van der Waals surface area contributed by atoms with E-state index in [1.807, 2.05) is 25.1 Å². The molecule has 1 aromatic heterocycles. The van der Waals surface area contributed by atoms with Crippen LogP contribution in [0.1, 0.15) is 18.9 Å². The van der Waals surface area contributed by atoms with Gasteiger partial charge < -0.3 is 10.2 Å². The van der Waals surface area contributed by atoms with Gasteiger partial charge in [0, 0.05) is 8.04 Å². The number of hydrogen-bond donors (Lipinski definition) is 1. The third-order valence-corrected chi connectivity index (χ3v) is 3.42. The summed E-state index contributed by atoms with van der Waals surface area (Å²) in [5.74, 6) is 0.948. The van der Waals surface area contributed by atoms with Crippen molar-refractivity contribution in [3.63, 3.8) is 0 Å². The van der Waals surface area contributed by atoms with Gasteiger partial charge in [0.2, 0.25) is 11.8 Å². The number of rotatable bonds is 2. The molecule has 4 nitrogen and oxygen atoms in total. The average Bonchev–Trinajstić information content (AvgIpc) is 2.70. The van der Waals surface area contributed by atoms with E-state index in [1.54, 1.807) is 0 Å². The topological polar surface area (TPSA) is 64.9 Å². The first-order valence-electron chi connectivity index (χ1n) is 4.62. The minimum atomic E-state index is -0.244. The lowest BCUT2D eigenvalue weighted by Crippen LogP contribution is -2.04. The number of nitrogens with zero attached hydrogens (tertiary/aromatic N) is 2. The van der Waals surface area contributed by atoms with Gasteiger partial charge in [-0.1, -0.05) is 15.9 Å². The van der Waals surface area contributed by atoms with Crippen molar-refractivity contribution in [3.05, 3.63) is 32.1 Å². The molecular formula is C10H9BrIN3O. The van der Waals surface area contributed by atoms with Crippen LogP contribution in [0.15, 0.2) is 27.1 Å². The average molecular weight is 394 g/mol. The van der Waals surface area contributed by atoms with Gasteiger partial charge in [0.15, 0.2) is 0 Å². The molecule has 2 N–H and O–H groups in total. The molecule has 84 valence electrons. The zero-order chi connectivity index (χ0) is 11.7. The second-order valence-corrected chi connectivity index (χ2v) is 5.44. The molecule has 0 fully saturated rings. The molecule has 0 aliphatic rings. The lowest BCUT2D eigenvalue weighted by atomic mass is 10.2. The van der Waals surface area contributed by atoms with Crippen LogP contribution < -0.4 is 5.73 Å². The summed E-state index contributed by atoms with van der Waals surface area (Å²) >= 11 is 5.64. The van der Waals surface area contributed by atoms with Crippen LogP contribution in [-0.4, -0.2) is 10.2 Å². The first-order valence-corrected chi connectivity index (χ1v) is 6.49. The standard InChI is InChI=1S/C10H9BrIN3O/c1-5(13)9-14-15-10(16-9)7-4-6(11)2-3-8(7)12/h2-5H,13H2,1H3. The molecule has 0 saturated heterocycles. The lowest BCUT2D eigenvalue weighted by Gasteiger charge is -2.00. The molecule has 0 spiro atoms. The van der Waals surface area contributed by atoms with Crippen LogP contribution in [-0.2, 0) is 0 Å². The van der Waals surface area contributed by atoms with Gasteiger partial charge in [-0.2, -0.15) is 0 Å². The molecule has 2 aromatic rings. The van der Waals surface area contributed by atoms with Crippen LogP contribution in [0.3, 0.4) is 0 Å². The van der Waals surface area contributed by atoms with Crippen molar-refractivity contribution in [2.75, 3.05) is 0 Å². The minimum absolute atomic E-state index is 0.244. The fourth-order valence-electron chi connectivity index (χ4n) is 1.19. The monoisotopic (exact) mass is 393 g/mol. The van der Waals surface area contributed by atoms with Crippen LogP contribution in [0.5, 0.6) is 0 Å².